The van der Waals surface area contributed by atoms with Crippen LogP contribution in [0, 0.1) is 17.8 Å². The highest BCUT2D eigenvalue weighted by Crippen LogP contribution is 2.39. The molecule has 5 heteroatoms. The van der Waals surface area contributed by atoms with Crippen molar-refractivity contribution in [1.82, 2.24) is 10.2 Å². The van der Waals surface area contributed by atoms with E-state index in [4.69, 9.17) is 18.0 Å². The number of piperidine rings is 1. The highest BCUT2D eigenvalue weighted by atomic mass is 32.1. The molecule has 1 saturated carbocycles. The van der Waals surface area contributed by atoms with Crippen LogP contribution >= 0.6 is 12.2 Å². The Kier molecular flexibility index (Phi) is 3.48. The van der Waals surface area contributed by atoms with Crippen LogP contribution in [-0.2, 0) is 4.79 Å². The third kappa shape index (κ3) is 2.61. The Morgan fingerprint density at radius 3 is 2.53 bits per heavy atom. The van der Waals surface area contributed by atoms with E-state index in [2.05, 4.69) is 22.4 Å². The first-order chi connectivity index (χ1) is 9.13. The average Bonchev–Trinajstić information content (AvgIpc) is 3.01. The Morgan fingerprint density at radius 1 is 1.26 bits per heavy atom. The Bertz CT molecular complexity index is 415. The van der Waals surface area contributed by atoms with Gasteiger partial charge in [-0.3, -0.25) is 4.79 Å². The molecule has 3 N–H and O–H groups in total. The number of hydrogen-bond acceptors (Lipinski definition) is 2. The van der Waals surface area contributed by atoms with E-state index in [0.717, 1.165) is 37.0 Å². The third-order valence-corrected chi connectivity index (χ3v) is 5.15. The van der Waals surface area contributed by atoms with Gasteiger partial charge in [-0.2, -0.15) is 0 Å². The summed E-state index contributed by atoms with van der Waals surface area (Å²) in [5, 5.41) is 4.37. The summed E-state index contributed by atoms with van der Waals surface area (Å²) in [4.78, 5) is 13.3. The van der Waals surface area contributed by atoms with Crippen molar-refractivity contribution >= 4 is 23.2 Å². The Balaban J connectivity index is 1.49. The molecule has 104 valence electrons. The summed E-state index contributed by atoms with van der Waals surface area (Å²) in [5.41, 5.74) is 5.35. The zero-order chi connectivity index (χ0) is 13.4. The lowest BCUT2D eigenvalue weighted by atomic mass is 9.96. The van der Waals surface area contributed by atoms with Crippen LogP contribution in [-0.4, -0.2) is 35.1 Å². The molecule has 3 rings (SSSR count). The van der Waals surface area contributed by atoms with Crippen molar-refractivity contribution in [3.8, 4) is 0 Å². The molecule has 0 radical (unpaired) electrons. The number of likely N-dealkylation sites (tertiary alicyclic amines) is 1. The zero-order valence-electron chi connectivity index (χ0n) is 11.0. The maximum Gasteiger partial charge on any atom is 0.220 e. The number of nitrogens with zero attached hydrogens (tertiary/aromatic N) is 1. The van der Waals surface area contributed by atoms with Crippen LogP contribution in [0.4, 0.5) is 0 Å². The van der Waals surface area contributed by atoms with Crippen LogP contribution in [0.3, 0.4) is 0 Å². The van der Waals surface area contributed by atoms with E-state index in [1.807, 2.05) is 0 Å². The lowest BCUT2D eigenvalue weighted by Crippen LogP contribution is -2.49. The van der Waals surface area contributed by atoms with Gasteiger partial charge in [0, 0.05) is 25.0 Å². The molecular formula is C14H21N3OS. The van der Waals surface area contributed by atoms with Crippen LogP contribution < -0.4 is 11.1 Å². The second-order valence-corrected chi connectivity index (χ2v) is 6.39. The van der Waals surface area contributed by atoms with E-state index >= 15 is 0 Å². The number of amides is 1. The maximum absolute atomic E-state index is 11.1. The number of primary amides is 1. The lowest BCUT2D eigenvalue weighted by Gasteiger charge is -2.34. The molecule has 19 heavy (non-hydrogen) atoms. The molecule has 3 atom stereocenters. The van der Waals surface area contributed by atoms with E-state index in [0.29, 0.717) is 12.0 Å². The van der Waals surface area contributed by atoms with Crippen molar-refractivity contribution in [2.45, 2.75) is 31.7 Å². The van der Waals surface area contributed by atoms with Gasteiger partial charge in [0.2, 0.25) is 5.91 Å². The Labute approximate surface area is 119 Å². The number of rotatable bonds is 2. The van der Waals surface area contributed by atoms with Gasteiger partial charge in [-0.15, -0.1) is 0 Å². The molecule has 0 aromatic rings. The van der Waals surface area contributed by atoms with Gasteiger partial charge in [0.15, 0.2) is 5.11 Å². The Morgan fingerprint density at radius 2 is 2.00 bits per heavy atom. The van der Waals surface area contributed by atoms with Crippen molar-refractivity contribution < 1.29 is 4.79 Å². The highest BCUT2D eigenvalue weighted by Gasteiger charge is 2.36. The van der Waals surface area contributed by atoms with Crippen molar-refractivity contribution in [2.24, 2.45) is 23.5 Å². The van der Waals surface area contributed by atoms with Crippen LogP contribution in [0.25, 0.3) is 0 Å². The number of carbonyl (C=O) groups is 1. The second kappa shape index (κ2) is 5.12. The fourth-order valence-electron chi connectivity index (χ4n) is 3.56. The first-order valence-corrected chi connectivity index (χ1v) is 7.57. The van der Waals surface area contributed by atoms with Gasteiger partial charge in [-0.05, 0) is 49.7 Å². The van der Waals surface area contributed by atoms with E-state index in [1.165, 1.54) is 12.8 Å². The molecule has 0 aromatic carbocycles. The van der Waals surface area contributed by atoms with Crippen molar-refractivity contribution in [3.63, 3.8) is 0 Å². The van der Waals surface area contributed by atoms with Crippen LogP contribution in [0.1, 0.15) is 25.7 Å². The minimum Gasteiger partial charge on any atom is -0.369 e. The Hall–Kier alpha value is -1.10. The molecule has 1 amide bonds. The van der Waals surface area contributed by atoms with Crippen LogP contribution in [0.5, 0.6) is 0 Å². The molecule has 2 bridgehead atoms. The molecule has 0 unspecified atom stereocenters. The maximum atomic E-state index is 11.1. The molecule has 1 aliphatic heterocycles. The first kappa shape index (κ1) is 12.9. The molecule has 2 fully saturated rings. The van der Waals surface area contributed by atoms with Gasteiger partial charge in [-0.25, -0.2) is 0 Å². The van der Waals surface area contributed by atoms with Gasteiger partial charge in [0.25, 0.3) is 0 Å². The van der Waals surface area contributed by atoms with Crippen molar-refractivity contribution in [1.29, 1.82) is 0 Å². The quantitative estimate of drug-likeness (QED) is 0.585. The summed E-state index contributed by atoms with van der Waals surface area (Å²) >= 11 is 5.51. The smallest absolute Gasteiger partial charge is 0.220 e. The number of nitrogens with one attached hydrogen (secondary N) is 1. The van der Waals surface area contributed by atoms with E-state index in [1.54, 1.807) is 0 Å². The predicted octanol–water partition coefficient (Wildman–Crippen LogP) is 1.02. The number of fused-ring (bicyclic) bond motifs is 2. The van der Waals surface area contributed by atoms with Gasteiger partial charge >= 0.3 is 0 Å². The normalized spacial score (nSPS) is 33.7. The summed E-state index contributed by atoms with van der Waals surface area (Å²) < 4.78 is 0. The highest BCUT2D eigenvalue weighted by molar-refractivity contribution is 7.80. The molecular weight excluding hydrogens is 258 g/mol. The topological polar surface area (TPSA) is 58.4 Å². The van der Waals surface area contributed by atoms with E-state index in [-0.39, 0.29) is 11.8 Å². The fourth-order valence-corrected chi connectivity index (χ4v) is 3.90. The van der Waals surface area contributed by atoms with Gasteiger partial charge in [0.05, 0.1) is 0 Å². The summed E-state index contributed by atoms with van der Waals surface area (Å²) in [6.45, 7) is 1.69. The SMILES string of the molecule is NC(=O)C1CCN(C(=S)N[C@H]2C[C@H]3C=C[C@@H]2C3)CC1. The van der Waals surface area contributed by atoms with E-state index < -0.39 is 0 Å². The molecule has 2 aliphatic carbocycles. The van der Waals surface area contributed by atoms with E-state index in [9.17, 15) is 4.79 Å². The largest absolute Gasteiger partial charge is 0.369 e. The zero-order valence-corrected chi connectivity index (χ0v) is 11.9. The number of nitrogens with two attached hydrogens (primary N) is 1. The van der Waals surface area contributed by atoms with Gasteiger partial charge < -0.3 is 16.0 Å². The third-order valence-electron chi connectivity index (χ3n) is 4.77. The molecule has 3 aliphatic rings. The summed E-state index contributed by atoms with van der Waals surface area (Å²) in [6, 6.07) is 0.511. The summed E-state index contributed by atoms with van der Waals surface area (Å²) in [7, 11) is 0. The molecule has 0 spiro atoms. The van der Waals surface area contributed by atoms with Gasteiger partial charge in [-0.1, -0.05) is 12.2 Å². The molecule has 1 heterocycles. The van der Waals surface area contributed by atoms with Crippen molar-refractivity contribution in [2.75, 3.05) is 13.1 Å². The summed E-state index contributed by atoms with van der Waals surface area (Å²) in [5.74, 6) is 1.28. The molecule has 1 saturated heterocycles. The van der Waals surface area contributed by atoms with Gasteiger partial charge in [0.1, 0.15) is 0 Å². The van der Waals surface area contributed by atoms with Crippen molar-refractivity contribution in [3.05, 3.63) is 12.2 Å². The predicted molar refractivity (Wildman–Crippen MR) is 78.4 cm³/mol. The molecule has 0 aromatic heterocycles. The minimum absolute atomic E-state index is 0.0319. The summed E-state index contributed by atoms with van der Waals surface area (Å²) in [6.07, 6.45) is 8.81. The standard InChI is InChI=1S/C14H21N3OS/c15-13(18)10-3-5-17(6-4-10)14(19)16-12-8-9-1-2-11(12)7-9/h1-2,9-12H,3-8H2,(H2,15,18)(H,16,19)/t9-,11+,12-/m0/s1. The number of allylic oxidation sites excluding steroid dienone is 1. The molecule has 4 nitrogen and oxygen atoms in total. The average molecular weight is 279 g/mol. The number of hydrogen-bond donors (Lipinski definition) is 2. The number of carbonyl (C=O) groups excluding carboxylic acids is 1. The minimum atomic E-state index is -0.170. The monoisotopic (exact) mass is 279 g/mol. The van der Waals surface area contributed by atoms with Crippen LogP contribution in [0.2, 0.25) is 0 Å². The second-order valence-electron chi connectivity index (χ2n) is 6.00. The first-order valence-electron chi connectivity index (χ1n) is 7.16. The number of thiocarbonyl (C=S) groups is 1. The fraction of sp³-hybridized carbons (Fsp3) is 0.714. The lowest BCUT2D eigenvalue weighted by molar-refractivity contribution is -0.122. The van der Waals surface area contributed by atoms with Crippen LogP contribution in [0.15, 0.2) is 12.2 Å².